The third-order valence-electron chi connectivity index (χ3n) is 2.65. The van der Waals surface area contributed by atoms with Crippen molar-refractivity contribution in [3.8, 4) is 0 Å². The molecule has 0 aliphatic carbocycles. The van der Waals surface area contributed by atoms with Crippen LogP contribution < -0.4 is 16.8 Å². The smallest absolute Gasteiger partial charge is 0.292 e. The van der Waals surface area contributed by atoms with Gasteiger partial charge in [-0.15, -0.1) is 22.7 Å². The normalized spacial score (nSPS) is 10.8. The maximum Gasteiger partial charge on any atom is 0.294 e. The SMILES string of the molecule is NNC(=O)c1nc(Cn2cnc3ccsc3c2=O)cs1. The van der Waals surface area contributed by atoms with Crippen LogP contribution in [0.2, 0.25) is 0 Å². The highest BCUT2D eigenvalue weighted by molar-refractivity contribution is 7.17. The summed E-state index contributed by atoms with van der Waals surface area (Å²) in [6.07, 6.45) is 1.49. The molecule has 3 aromatic heterocycles. The zero-order chi connectivity index (χ0) is 14.1. The average Bonchev–Trinajstić information content (AvgIpc) is 3.10. The molecule has 7 nitrogen and oxygen atoms in total. The molecule has 20 heavy (non-hydrogen) atoms. The van der Waals surface area contributed by atoms with E-state index in [1.807, 2.05) is 10.8 Å². The molecule has 0 fully saturated rings. The van der Waals surface area contributed by atoms with Crippen LogP contribution in [0, 0.1) is 0 Å². The summed E-state index contributed by atoms with van der Waals surface area (Å²) in [6.45, 7) is 0.272. The third kappa shape index (κ3) is 2.22. The molecule has 0 radical (unpaired) electrons. The molecule has 0 unspecified atom stereocenters. The fourth-order valence-corrected chi connectivity index (χ4v) is 3.22. The highest BCUT2D eigenvalue weighted by Crippen LogP contribution is 2.14. The van der Waals surface area contributed by atoms with Crippen molar-refractivity contribution in [3.05, 3.63) is 44.2 Å². The molecule has 1 amide bonds. The van der Waals surface area contributed by atoms with Crippen LogP contribution in [0.25, 0.3) is 10.2 Å². The first kappa shape index (κ1) is 12.9. The Labute approximate surface area is 120 Å². The predicted octanol–water partition coefficient (Wildman–Crippen LogP) is 0.566. The van der Waals surface area contributed by atoms with E-state index in [1.54, 1.807) is 11.4 Å². The largest absolute Gasteiger partial charge is 0.294 e. The zero-order valence-corrected chi connectivity index (χ0v) is 11.7. The summed E-state index contributed by atoms with van der Waals surface area (Å²) in [5.74, 6) is 4.60. The minimum absolute atomic E-state index is 0.108. The Balaban J connectivity index is 1.93. The minimum atomic E-state index is -0.444. The van der Waals surface area contributed by atoms with Crippen LogP contribution >= 0.6 is 22.7 Å². The number of nitrogens with two attached hydrogens (primary N) is 1. The number of nitrogen functional groups attached to an aromatic ring is 1. The van der Waals surface area contributed by atoms with Crippen LogP contribution in [-0.4, -0.2) is 20.4 Å². The monoisotopic (exact) mass is 307 g/mol. The van der Waals surface area contributed by atoms with Gasteiger partial charge in [0.05, 0.1) is 24.1 Å². The van der Waals surface area contributed by atoms with Crippen LogP contribution in [0.3, 0.4) is 0 Å². The van der Waals surface area contributed by atoms with Gasteiger partial charge in [0.1, 0.15) is 4.70 Å². The summed E-state index contributed by atoms with van der Waals surface area (Å²) in [5, 5.41) is 3.81. The molecule has 0 aliphatic heterocycles. The van der Waals surface area contributed by atoms with E-state index in [1.165, 1.54) is 33.6 Å². The maximum absolute atomic E-state index is 12.2. The number of hydrogen-bond donors (Lipinski definition) is 2. The first-order valence-corrected chi connectivity index (χ1v) is 7.33. The van der Waals surface area contributed by atoms with Gasteiger partial charge in [0.25, 0.3) is 11.5 Å². The predicted molar refractivity (Wildman–Crippen MR) is 76.7 cm³/mol. The summed E-state index contributed by atoms with van der Waals surface area (Å²) in [6, 6.07) is 1.80. The number of hydrazine groups is 1. The third-order valence-corrected chi connectivity index (χ3v) is 4.43. The second-order valence-corrected chi connectivity index (χ2v) is 5.70. The number of hydrogen-bond acceptors (Lipinski definition) is 7. The molecule has 0 bridgehead atoms. The van der Waals surface area contributed by atoms with Crippen LogP contribution in [0.1, 0.15) is 15.5 Å². The topological polar surface area (TPSA) is 103 Å². The van der Waals surface area contributed by atoms with Gasteiger partial charge >= 0.3 is 0 Å². The molecular formula is C11H9N5O2S2. The second-order valence-electron chi connectivity index (χ2n) is 3.93. The van der Waals surface area contributed by atoms with Crippen molar-refractivity contribution >= 4 is 38.8 Å². The molecule has 0 aromatic carbocycles. The summed E-state index contributed by atoms with van der Waals surface area (Å²) in [5.41, 5.74) is 3.22. The van der Waals surface area contributed by atoms with Crippen LogP contribution in [0.15, 0.2) is 27.9 Å². The first-order valence-electron chi connectivity index (χ1n) is 5.57. The molecule has 3 aromatic rings. The molecule has 0 atom stereocenters. The van der Waals surface area contributed by atoms with Crippen molar-refractivity contribution in [1.82, 2.24) is 20.0 Å². The fraction of sp³-hybridized carbons (Fsp3) is 0.0909. The van der Waals surface area contributed by atoms with E-state index in [-0.39, 0.29) is 17.1 Å². The van der Waals surface area contributed by atoms with Gasteiger partial charge < -0.3 is 0 Å². The summed E-state index contributed by atoms with van der Waals surface area (Å²) in [4.78, 5) is 31.9. The van der Waals surface area contributed by atoms with Crippen LogP contribution in [-0.2, 0) is 6.54 Å². The average molecular weight is 307 g/mol. The van der Waals surface area contributed by atoms with E-state index in [2.05, 4.69) is 9.97 Å². The Morgan fingerprint density at radius 1 is 1.45 bits per heavy atom. The highest BCUT2D eigenvalue weighted by Gasteiger charge is 2.11. The number of amides is 1. The lowest BCUT2D eigenvalue weighted by Crippen LogP contribution is -2.29. The van der Waals surface area contributed by atoms with Gasteiger partial charge in [-0.2, -0.15) is 0 Å². The van der Waals surface area contributed by atoms with Gasteiger partial charge in [0.15, 0.2) is 5.01 Å². The van der Waals surface area contributed by atoms with E-state index < -0.39 is 5.91 Å². The van der Waals surface area contributed by atoms with E-state index in [9.17, 15) is 9.59 Å². The number of rotatable bonds is 3. The van der Waals surface area contributed by atoms with Crippen LogP contribution in [0.5, 0.6) is 0 Å². The van der Waals surface area contributed by atoms with Crippen molar-refractivity contribution in [1.29, 1.82) is 0 Å². The molecule has 0 saturated carbocycles. The van der Waals surface area contributed by atoms with Gasteiger partial charge in [-0.25, -0.2) is 15.8 Å². The van der Waals surface area contributed by atoms with Crippen molar-refractivity contribution in [2.45, 2.75) is 6.54 Å². The number of nitrogens with one attached hydrogen (secondary N) is 1. The Morgan fingerprint density at radius 3 is 3.10 bits per heavy atom. The minimum Gasteiger partial charge on any atom is -0.292 e. The second kappa shape index (κ2) is 5.12. The lowest BCUT2D eigenvalue weighted by molar-refractivity contribution is 0.0953. The van der Waals surface area contributed by atoms with Crippen molar-refractivity contribution in [3.63, 3.8) is 0 Å². The summed E-state index contributed by atoms with van der Waals surface area (Å²) >= 11 is 2.53. The standard InChI is InChI=1S/C11H9N5O2S2/c12-15-9(17)10-14-6(4-20-10)3-16-5-13-7-1-2-19-8(7)11(16)18/h1-2,4-5H,3,12H2,(H,15,17). The Bertz CT molecular complexity index is 835. The van der Waals surface area contributed by atoms with Crippen molar-refractivity contribution in [2.75, 3.05) is 0 Å². The summed E-state index contributed by atoms with van der Waals surface area (Å²) < 4.78 is 2.08. The Hall–Kier alpha value is -2.10. The molecule has 3 heterocycles. The Morgan fingerprint density at radius 2 is 2.30 bits per heavy atom. The fourth-order valence-electron chi connectivity index (χ4n) is 1.71. The number of nitrogens with zero attached hydrogens (tertiary/aromatic N) is 3. The molecule has 0 aliphatic rings. The van der Waals surface area contributed by atoms with E-state index in [0.717, 1.165) is 0 Å². The van der Waals surface area contributed by atoms with Gasteiger partial charge in [0.2, 0.25) is 0 Å². The van der Waals surface area contributed by atoms with Gasteiger partial charge in [-0.1, -0.05) is 0 Å². The molecule has 3 rings (SSSR count). The quantitative estimate of drug-likeness (QED) is 0.418. The van der Waals surface area contributed by atoms with E-state index >= 15 is 0 Å². The van der Waals surface area contributed by atoms with Crippen LogP contribution in [0.4, 0.5) is 0 Å². The molecule has 102 valence electrons. The number of fused-ring (bicyclic) bond motifs is 1. The number of thiazole rings is 1. The summed E-state index contributed by atoms with van der Waals surface area (Å²) in [7, 11) is 0. The van der Waals surface area contributed by atoms with Gasteiger partial charge in [0, 0.05) is 5.38 Å². The number of carbonyl (C=O) groups is 1. The van der Waals surface area contributed by atoms with Gasteiger partial charge in [-0.05, 0) is 11.4 Å². The highest BCUT2D eigenvalue weighted by atomic mass is 32.1. The van der Waals surface area contributed by atoms with E-state index in [0.29, 0.717) is 15.9 Å². The molecular weight excluding hydrogens is 298 g/mol. The molecule has 9 heteroatoms. The molecule has 3 N–H and O–H groups in total. The van der Waals surface area contributed by atoms with Crippen molar-refractivity contribution in [2.24, 2.45) is 5.84 Å². The Kier molecular flexibility index (Phi) is 3.30. The first-order chi connectivity index (χ1) is 9.69. The van der Waals surface area contributed by atoms with E-state index in [4.69, 9.17) is 5.84 Å². The van der Waals surface area contributed by atoms with Gasteiger partial charge in [-0.3, -0.25) is 19.6 Å². The van der Waals surface area contributed by atoms with Crippen molar-refractivity contribution < 1.29 is 4.79 Å². The lowest BCUT2D eigenvalue weighted by Gasteiger charge is -2.02. The molecule has 0 spiro atoms. The number of carbonyl (C=O) groups excluding carboxylic acids is 1. The molecule has 0 saturated heterocycles. The maximum atomic E-state index is 12.2. The zero-order valence-electron chi connectivity index (χ0n) is 10.1. The number of thiophene rings is 1. The lowest BCUT2D eigenvalue weighted by atomic mass is 10.4. The number of aromatic nitrogens is 3.